The van der Waals surface area contributed by atoms with Gasteiger partial charge in [0, 0.05) is 23.1 Å². The Morgan fingerprint density at radius 3 is 1.78 bits per heavy atom. The molecule has 1 aromatic heterocycles. The SMILES string of the molecule is CCc1ccc(Nc2nc(NCC(=O)Nc3cccc(OC)c3)nc(Nc3ccc(CC)cc3)n2)cc1. The van der Waals surface area contributed by atoms with Gasteiger partial charge in [-0.15, -0.1) is 0 Å². The van der Waals surface area contributed by atoms with Gasteiger partial charge in [0.25, 0.3) is 0 Å². The first-order chi connectivity index (χ1) is 18.0. The maximum absolute atomic E-state index is 12.5. The molecule has 1 amide bonds. The molecule has 0 bridgehead atoms. The van der Waals surface area contributed by atoms with E-state index in [0.717, 1.165) is 24.2 Å². The van der Waals surface area contributed by atoms with Gasteiger partial charge in [0.15, 0.2) is 0 Å². The molecule has 0 radical (unpaired) electrons. The zero-order chi connectivity index (χ0) is 26.0. The highest BCUT2D eigenvalue weighted by molar-refractivity contribution is 5.93. The topological polar surface area (TPSA) is 113 Å². The maximum Gasteiger partial charge on any atom is 0.243 e. The van der Waals surface area contributed by atoms with Crippen molar-refractivity contribution < 1.29 is 9.53 Å². The summed E-state index contributed by atoms with van der Waals surface area (Å²) in [6.07, 6.45) is 1.92. The molecule has 9 heteroatoms. The molecule has 190 valence electrons. The van der Waals surface area contributed by atoms with Crippen molar-refractivity contribution in [3.8, 4) is 5.75 Å². The van der Waals surface area contributed by atoms with Gasteiger partial charge in [0.1, 0.15) is 5.75 Å². The van der Waals surface area contributed by atoms with Crippen molar-refractivity contribution in [3.05, 3.63) is 83.9 Å². The van der Waals surface area contributed by atoms with Gasteiger partial charge in [-0.05, 0) is 60.4 Å². The van der Waals surface area contributed by atoms with E-state index in [4.69, 9.17) is 4.74 Å². The van der Waals surface area contributed by atoms with Gasteiger partial charge in [-0.3, -0.25) is 4.79 Å². The predicted molar refractivity (Wildman–Crippen MR) is 148 cm³/mol. The first-order valence-electron chi connectivity index (χ1n) is 12.2. The standard InChI is InChI=1S/C28H31N7O2/c1-4-19-9-13-21(14-10-19)31-27-33-26(29-18-25(36)30-23-7-6-8-24(17-23)37-3)34-28(35-27)32-22-15-11-20(5-2)12-16-22/h6-17H,4-5,18H2,1-3H3,(H,30,36)(H3,29,31,32,33,34,35). The summed E-state index contributed by atoms with van der Waals surface area (Å²) < 4.78 is 5.21. The lowest BCUT2D eigenvalue weighted by Crippen LogP contribution is -2.23. The highest BCUT2D eigenvalue weighted by Gasteiger charge is 2.10. The Bertz CT molecular complexity index is 1260. The van der Waals surface area contributed by atoms with Crippen LogP contribution in [0.2, 0.25) is 0 Å². The molecule has 4 rings (SSSR count). The monoisotopic (exact) mass is 497 g/mol. The number of aromatic nitrogens is 3. The fraction of sp³-hybridized carbons (Fsp3) is 0.214. The number of anilines is 6. The van der Waals surface area contributed by atoms with Crippen LogP contribution in [-0.2, 0) is 17.6 Å². The van der Waals surface area contributed by atoms with Crippen LogP contribution in [0.1, 0.15) is 25.0 Å². The lowest BCUT2D eigenvalue weighted by Gasteiger charge is -2.12. The van der Waals surface area contributed by atoms with Gasteiger partial charge >= 0.3 is 0 Å². The second-order valence-electron chi connectivity index (χ2n) is 8.29. The minimum absolute atomic E-state index is 0.0313. The first-order valence-corrected chi connectivity index (χ1v) is 12.2. The molecule has 0 spiro atoms. The van der Waals surface area contributed by atoms with Gasteiger partial charge in [0.05, 0.1) is 13.7 Å². The van der Waals surface area contributed by atoms with Crippen LogP contribution in [0.4, 0.5) is 34.9 Å². The fourth-order valence-electron chi connectivity index (χ4n) is 3.54. The number of nitrogens with zero attached hydrogens (tertiary/aromatic N) is 3. The zero-order valence-corrected chi connectivity index (χ0v) is 21.2. The lowest BCUT2D eigenvalue weighted by atomic mass is 10.1. The molecule has 1 heterocycles. The molecule has 9 nitrogen and oxygen atoms in total. The summed E-state index contributed by atoms with van der Waals surface area (Å²) >= 11 is 0. The molecule has 0 aliphatic carbocycles. The molecular weight excluding hydrogens is 466 g/mol. The Hall–Kier alpha value is -4.66. The molecule has 0 aliphatic heterocycles. The quantitative estimate of drug-likeness (QED) is 0.214. The third-order valence-corrected chi connectivity index (χ3v) is 5.63. The predicted octanol–water partition coefficient (Wildman–Crippen LogP) is 5.54. The van der Waals surface area contributed by atoms with E-state index in [9.17, 15) is 4.79 Å². The van der Waals surface area contributed by atoms with Crippen LogP contribution in [0.25, 0.3) is 0 Å². The van der Waals surface area contributed by atoms with Crippen LogP contribution in [0, 0.1) is 0 Å². The number of methoxy groups -OCH3 is 1. The van der Waals surface area contributed by atoms with Crippen LogP contribution in [-0.4, -0.2) is 34.5 Å². The molecule has 4 aromatic rings. The second kappa shape index (κ2) is 12.3. The molecule has 37 heavy (non-hydrogen) atoms. The van der Waals surface area contributed by atoms with Gasteiger partial charge in [-0.2, -0.15) is 15.0 Å². The van der Waals surface area contributed by atoms with Gasteiger partial charge in [-0.1, -0.05) is 44.2 Å². The van der Waals surface area contributed by atoms with E-state index >= 15 is 0 Å². The van der Waals surface area contributed by atoms with Crippen LogP contribution in [0.3, 0.4) is 0 Å². The first kappa shape index (κ1) is 25.4. The molecule has 0 atom stereocenters. The van der Waals surface area contributed by atoms with Crippen molar-refractivity contribution >= 4 is 40.8 Å². The minimum atomic E-state index is -0.247. The number of carbonyl (C=O) groups excluding carboxylic acids is 1. The number of ether oxygens (including phenoxy) is 1. The van der Waals surface area contributed by atoms with Crippen molar-refractivity contribution in [3.63, 3.8) is 0 Å². The Kier molecular flexibility index (Phi) is 8.49. The summed E-state index contributed by atoms with van der Waals surface area (Å²) in [4.78, 5) is 26.0. The third kappa shape index (κ3) is 7.41. The normalized spacial score (nSPS) is 10.5. The maximum atomic E-state index is 12.5. The highest BCUT2D eigenvalue weighted by atomic mass is 16.5. The summed E-state index contributed by atoms with van der Waals surface area (Å²) in [6, 6.07) is 23.3. The average molecular weight is 498 g/mol. The fourth-order valence-corrected chi connectivity index (χ4v) is 3.54. The lowest BCUT2D eigenvalue weighted by molar-refractivity contribution is -0.114. The van der Waals surface area contributed by atoms with Crippen LogP contribution >= 0.6 is 0 Å². The molecule has 3 aromatic carbocycles. The van der Waals surface area contributed by atoms with E-state index in [0.29, 0.717) is 23.3 Å². The van der Waals surface area contributed by atoms with Crippen molar-refractivity contribution in [2.24, 2.45) is 0 Å². The van der Waals surface area contributed by atoms with Crippen molar-refractivity contribution in [2.45, 2.75) is 26.7 Å². The Morgan fingerprint density at radius 2 is 1.27 bits per heavy atom. The van der Waals surface area contributed by atoms with Gasteiger partial charge < -0.3 is 26.0 Å². The minimum Gasteiger partial charge on any atom is -0.497 e. The number of rotatable bonds is 11. The Labute approximate surface area is 216 Å². The number of hydrogen-bond donors (Lipinski definition) is 4. The summed E-state index contributed by atoms with van der Waals surface area (Å²) in [5.41, 5.74) is 4.82. The van der Waals surface area contributed by atoms with Crippen LogP contribution in [0.5, 0.6) is 5.75 Å². The van der Waals surface area contributed by atoms with E-state index in [1.165, 1.54) is 11.1 Å². The molecule has 4 N–H and O–H groups in total. The van der Waals surface area contributed by atoms with Gasteiger partial charge in [0.2, 0.25) is 23.8 Å². The molecular formula is C28H31N7O2. The molecule has 0 fully saturated rings. The van der Waals surface area contributed by atoms with E-state index < -0.39 is 0 Å². The van der Waals surface area contributed by atoms with Crippen LogP contribution in [0.15, 0.2) is 72.8 Å². The van der Waals surface area contributed by atoms with E-state index in [1.54, 1.807) is 19.2 Å². The summed E-state index contributed by atoms with van der Waals surface area (Å²) in [5, 5.41) is 12.3. The number of carbonyl (C=O) groups is 1. The summed E-state index contributed by atoms with van der Waals surface area (Å²) in [7, 11) is 1.58. The van der Waals surface area contributed by atoms with Gasteiger partial charge in [-0.25, -0.2) is 0 Å². The molecule has 0 saturated heterocycles. The zero-order valence-electron chi connectivity index (χ0n) is 21.2. The van der Waals surface area contributed by atoms with Crippen molar-refractivity contribution in [2.75, 3.05) is 34.9 Å². The van der Waals surface area contributed by atoms with Crippen molar-refractivity contribution in [1.82, 2.24) is 15.0 Å². The van der Waals surface area contributed by atoms with E-state index in [-0.39, 0.29) is 18.4 Å². The molecule has 0 saturated carbocycles. The summed E-state index contributed by atoms with van der Waals surface area (Å²) in [5.74, 6) is 1.37. The third-order valence-electron chi connectivity index (χ3n) is 5.63. The van der Waals surface area contributed by atoms with E-state index in [1.807, 2.05) is 36.4 Å². The van der Waals surface area contributed by atoms with Crippen molar-refractivity contribution in [1.29, 1.82) is 0 Å². The smallest absolute Gasteiger partial charge is 0.243 e. The largest absolute Gasteiger partial charge is 0.497 e. The number of hydrogen-bond acceptors (Lipinski definition) is 8. The number of nitrogens with one attached hydrogen (secondary N) is 4. The summed E-state index contributed by atoms with van der Waals surface area (Å²) in [6.45, 7) is 4.19. The van der Waals surface area contributed by atoms with E-state index in [2.05, 4.69) is 74.3 Å². The number of aryl methyl sites for hydroxylation is 2. The molecule has 0 unspecified atom stereocenters. The number of amides is 1. The van der Waals surface area contributed by atoms with Crippen LogP contribution < -0.4 is 26.0 Å². The molecule has 0 aliphatic rings. The highest BCUT2D eigenvalue weighted by Crippen LogP contribution is 2.20. The number of benzene rings is 3. The average Bonchev–Trinajstić information content (AvgIpc) is 2.93. The Balaban J connectivity index is 1.50. The second-order valence-corrected chi connectivity index (χ2v) is 8.29. The Morgan fingerprint density at radius 1 is 0.730 bits per heavy atom.